The highest BCUT2D eigenvalue weighted by atomic mass is 32.2. The number of nitrogens with zero attached hydrogens (tertiary/aromatic N) is 3. The average Bonchev–Trinajstić information content (AvgIpc) is 2.94. The first-order chi connectivity index (χ1) is 8.74. The topological polar surface area (TPSA) is 75.6 Å². The van der Waals surface area contributed by atoms with Crippen molar-refractivity contribution in [1.82, 2.24) is 19.7 Å². The van der Waals surface area contributed by atoms with Gasteiger partial charge in [0.05, 0.1) is 0 Å². The van der Waals surface area contributed by atoms with Crippen molar-refractivity contribution in [3.63, 3.8) is 0 Å². The van der Waals surface area contributed by atoms with Crippen molar-refractivity contribution in [3.05, 3.63) is 21.6 Å². The molecule has 0 fully saturated rings. The number of nitrogens with one attached hydrogen (secondary N) is 2. The first kappa shape index (κ1) is 13.2. The standard InChI is InChI=1S/C10H15N5OS2/c1-3-11-8-12-5-7(18-8)6-17-10-14-13-9(16)15(10)4-2/h5H,3-4,6H2,1-2H3,(H,11,12)(H,13,16). The van der Waals surface area contributed by atoms with Crippen LogP contribution in [0.2, 0.25) is 0 Å². The fourth-order valence-electron chi connectivity index (χ4n) is 1.44. The Hall–Kier alpha value is -1.28. The Bertz CT molecular complexity index is 559. The quantitative estimate of drug-likeness (QED) is 0.791. The van der Waals surface area contributed by atoms with Crippen molar-refractivity contribution in [2.45, 2.75) is 31.3 Å². The van der Waals surface area contributed by atoms with Crippen LogP contribution in [0.4, 0.5) is 5.13 Å². The molecule has 0 amide bonds. The van der Waals surface area contributed by atoms with Crippen molar-refractivity contribution in [2.75, 3.05) is 11.9 Å². The highest BCUT2D eigenvalue weighted by Crippen LogP contribution is 2.25. The third-order valence-electron chi connectivity index (χ3n) is 2.26. The number of thioether (sulfide) groups is 1. The number of aromatic amines is 1. The van der Waals surface area contributed by atoms with E-state index in [1.54, 1.807) is 27.7 Å². The zero-order valence-electron chi connectivity index (χ0n) is 10.3. The predicted octanol–water partition coefficient (Wildman–Crippen LogP) is 1.77. The minimum absolute atomic E-state index is 0.155. The largest absolute Gasteiger partial charge is 0.362 e. The van der Waals surface area contributed by atoms with Crippen molar-refractivity contribution in [3.8, 4) is 0 Å². The molecule has 8 heteroatoms. The van der Waals surface area contributed by atoms with Crippen molar-refractivity contribution >= 4 is 28.2 Å². The van der Waals surface area contributed by atoms with Crippen molar-refractivity contribution < 1.29 is 0 Å². The van der Waals surface area contributed by atoms with Gasteiger partial charge in [-0.15, -0.1) is 16.4 Å². The van der Waals surface area contributed by atoms with Gasteiger partial charge in [-0.05, 0) is 13.8 Å². The third-order valence-corrected chi connectivity index (χ3v) is 4.43. The summed E-state index contributed by atoms with van der Waals surface area (Å²) in [4.78, 5) is 16.8. The number of hydrogen-bond acceptors (Lipinski definition) is 6. The van der Waals surface area contributed by atoms with Crippen LogP contribution >= 0.6 is 23.1 Å². The number of aromatic nitrogens is 4. The molecule has 0 aromatic carbocycles. The van der Waals surface area contributed by atoms with Gasteiger partial charge in [0.25, 0.3) is 0 Å². The average molecular weight is 285 g/mol. The molecule has 0 atom stereocenters. The third kappa shape index (κ3) is 2.94. The van der Waals surface area contributed by atoms with E-state index >= 15 is 0 Å². The Morgan fingerprint density at radius 1 is 1.56 bits per heavy atom. The second-order valence-corrected chi connectivity index (χ2v) is 5.56. The van der Waals surface area contributed by atoms with Crippen LogP contribution in [0.1, 0.15) is 18.7 Å². The highest BCUT2D eigenvalue weighted by molar-refractivity contribution is 7.98. The lowest BCUT2D eigenvalue weighted by Crippen LogP contribution is -2.16. The molecule has 0 saturated carbocycles. The summed E-state index contributed by atoms with van der Waals surface area (Å²) in [5.74, 6) is 0.771. The zero-order chi connectivity index (χ0) is 13.0. The molecule has 2 aromatic rings. The van der Waals surface area contributed by atoms with E-state index in [1.165, 1.54) is 0 Å². The van der Waals surface area contributed by atoms with Crippen LogP contribution in [0.5, 0.6) is 0 Å². The molecule has 18 heavy (non-hydrogen) atoms. The number of hydrogen-bond donors (Lipinski definition) is 2. The molecule has 0 spiro atoms. The molecule has 0 aliphatic carbocycles. The molecule has 0 radical (unpaired) electrons. The Morgan fingerprint density at radius 3 is 3.11 bits per heavy atom. The predicted molar refractivity (Wildman–Crippen MR) is 74.4 cm³/mol. The maximum Gasteiger partial charge on any atom is 0.343 e. The lowest BCUT2D eigenvalue weighted by atomic mass is 10.6. The van der Waals surface area contributed by atoms with E-state index in [9.17, 15) is 4.79 Å². The van der Waals surface area contributed by atoms with E-state index in [-0.39, 0.29) is 5.69 Å². The SMILES string of the molecule is CCNc1ncc(CSc2n[nH]c(=O)n2CC)s1. The summed E-state index contributed by atoms with van der Waals surface area (Å²) in [5.41, 5.74) is -0.155. The summed E-state index contributed by atoms with van der Waals surface area (Å²) in [6.07, 6.45) is 1.86. The summed E-state index contributed by atoms with van der Waals surface area (Å²) in [5, 5.41) is 11.3. The molecule has 0 aliphatic rings. The van der Waals surface area contributed by atoms with E-state index in [1.807, 2.05) is 20.0 Å². The van der Waals surface area contributed by atoms with Crippen LogP contribution in [0, 0.1) is 0 Å². The molecule has 2 rings (SSSR count). The first-order valence-corrected chi connectivity index (χ1v) is 7.51. The van der Waals surface area contributed by atoms with E-state index in [4.69, 9.17) is 0 Å². The maximum atomic E-state index is 11.4. The van der Waals surface area contributed by atoms with Gasteiger partial charge in [-0.25, -0.2) is 14.9 Å². The molecule has 2 aromatic heterocycles. The molecule has 0 unspecified atom stereocenters. The first-order valence-electron chi connectivity index (χ1n) is 5.71. The van der Waals surface area contributed by atoms with Crippen LogP contribution in [0.3, 0.4) is 0 Å². The summed E-state index contributed by atoms with van der Waals surface area (Å²) in [7, 11) is 0. The van der Waals surface area contributed by atoms with E-state index in [0.717, 1.165) is 27.5 Å². The van der Waals surface area contributed by atoms with Crippen molar-refractivity contribution in [1.29, 1.82) is 0 Å². The van der Waals surface area contributed by atoms with Crippen molar-refractivity contribution in [2.24, 2.45) is 0 Å². The Balaban J connectivity index is 2.00. The minimum atomic E-state index is -0.155. The monoisotopic (exact) mass is 285 g/mol. The number of H-pyrrole nitrogens is 1. The van der Waals surface area contributed by atoms with Gasteiger partial charge in [-0.1, -0.05) is 11.8 Å². The molecular formula is C10H15N5OS2. The summed E-state index contributed by atoms with van der Waals surface area (Å²) >= 11 is 3.17. The van der Waals surface area contributed by atoms with Gasteiger partial charge < -0.3 is 5.32 Å². The smallest absolute Gasteiger partial charge is 0.343 e. The maximum absolute atomic E-state index is 11.4. The molecule has 6 nitrogen and oxygen atoms in total. The van der Waals surface area contributed by atoms with Gasteiger partial charge in [0.15, 0.2) is 10.3 Å². The molecule has 2 N–H and O–H groups in total. The number of anilines is 1. The molecular weight excluding hydrogens is 270 g/mol. The van der Waals surface area contributed by atoms with E-state index in [0.29, 0.717) is 6.54 Å². The van der Waals surface area contributed by atoms with Crippen LogP contribution in [0.25, 0.3) is 0 Å². The second kappa shape index (κ2) is 6.05. The van der Waals surface area contributed by atoms with E-state index < -0.39 is 0 Å². The lowest BCUT2D eigenvalue weighted by Gasteiger charge is -2.00. The van der Waals surface area contributed by atoms with Crippen LogP contribution in [-0.2, 0) is 12.3 Å². The molecule has 0 aliphatic heterocycles. The fraction of sp³-hybridized carbons (Fsp3) is 0.500. The molecule has 2 heterocycles. The second-order valence-electron chi connectivity index (χ2n) is 3.51. The van der Waals surface area contributed by atoms with Gasteiger partial charge in [0, 0.05) is 29.9 Å². The zero-order valence-corrected chi connectivity index (χ0v) is 11.9. The molecule has 98 valence electrons. The van der Waals surface area contributed by atoms with Crippen LogP contribution < -0.4 is 11.0 Å². The summed E-state index contributed by atoms with van der Waals surface area (Å²) in [6, 6.07) is 0. The van der Waals surface area contributed by atoms with E-state index in [2.05, 4.69) is 20.5 Å². The van der Waals surface area contributed by atoms with Gasteiger partial charge >= 0.3 is 5.69 Å². The lowest BCUT2D eigenvalue weighted by molar-refractivity contribution is 0.660. The fourth-order valence-corrected chi connectivity index (χ4v) is 3.35. The summed E-state index contributed by atoms with van der Waals surface area (Å²) in [6.45, 7) is 5.47. The van der Waals surface area contributed by atoms with Crippen LogP contribution in [-0.4, -0.2) is 26.3 Å². The molecule has 0 saturated heterocycles. The number of rotatable bonds is 6. The minimum Gasteiger partial charge on any atom is -0.362 e. The van der Waals surface area contributed by atoms with Gasteiger partial charge in [-0.3, -0.25) is 4.57 Å². The highest BCUT2D eigenvalue weighted by Gasteiger charge is 2.08. The molecule has 0 bridgehead atoms. The van der Waals surface area contributed by atoms with Crippen LogP contribution in [0.15, 0.2) is 16.1 Å². The summed E-state index contributed by atoms with van der Waals surface area (Å²) < 4.78 is 1.62. The Labute approximate surface area is 113 Å². The van der Waals surface area contributed by atoms with Gasteiger partial charge in [-0.2, -0.15) is 0 Å². The number of thiazole rings is 1. The Morgan fingerprint density at radius 2 is 2.39 bits per heavy atom. The van der Waals surface area contributed by atoms with Gasteiger partial charge in [0.1, 0.15) is 0 Å². The normalized spacial score (nSPS) is 10.8. The Kier molecular flexibility index (Phi) is 4.43. The van der Waals surface area contributed by atoms with Gasteiger partial charge in [0.2, 0.25) is 0 Å².